The number of hydrogen-bond acceptors (Lipinski definition) is 3. The summed E-state index contributed by atoms with van der Waals surface area (Å²) in [5, 5.41) is 2.83. The van der Waals surface area contributed by atoms with Crippen LogP contribution in [0.2, 0.25) is 0 Å². The molecule has 0 aliphatic carbocycles. The average molecular weight is 285 g/mol. The maximum Gasteiger partial charge on any atom is 0.243 e. The van der Waals surface area contributed by atoms with Crippen LogP contribution in [0.4, 0.5) is 15.8 Å². The van der Waals surface area contributed by atoms with Gasteiger partial charge in [-0.15, -0.1) is 0 Å². The molecule has 0 saturated heterocycles. The van der Waals surface area contributed by atoms with Crippen LogP contribution in [-0.4, -0.2) is 12.5 Å². The molecule has 0 saturated carbocycles. The highest BCUT2D eigenvalue weighted by Gasteiger charge is 2.21. The van der Waals surface area contributed by atoms with E-state index in [-0.39, 0.29) is 18.3 Å². The number of para-hydroxylation sites is 2. The summed E-state index contributed by atoms with van der Waals surface area (Å²) >= 11 is 0. The van der Waals surface area contributed by atoms with Crippen molar-refractivity contribution in [3.8, 4) is 0 Å². The molecule has 2 aromatic carbocycles. The fraction of sp³-hybridized carbons (Fsp3) is 0.188. The quantitative estimate of drug-likeness (QED) is 0.909. The molecule has 0 fully saturated rings. The molecule has 0 radical (unpaired) electrons. The highest BCUT2D eigenvalue weighted by atomic mass is 19.1. The van der Waals surface area contributed by atoms with Crippen molar-refractivity contribution in [1.29, 1.82) is 0 Å². The molecule has 0 bridgehead atoms. The van der Waals surface area contributed by atoms with E-state index < -0.39 is 0 Å². The summed E-state index contributed by atoms with van der Waals surface area (Å²) in [5.74, 6) is -0.369. The summed E-state index contributed by atoms with van der Waals surface area (Å²) in [4.78, 5) is 13.7. The van der Waals surface area contributed by atoms with Crippen LogP contribution in [-0.2, 0) is 17.9 Å². The van der Waals surface area contributed by atoms with E-state index in [1.807, 2.05) is 35.2 Å². The molecule has 0 spiro atoms. The van der Waals surface area contributed by atoms with Crippen LogP contribution in [0.15, 0.2) is 42.5 Å². The number of hydrogen-bond donors (Lipinski definition) is 2. The van der Waals surface area contributed by atoms with E-state index in [4.69, 9.17) is 5.73 Å². The zero-order chi connectivity index (χ0) is 14.8. The molecule has 1 amide bonds. The van der Waals surface area contributed by atoms with Gasteiger partial charge in [-0.05, 0) is 35.4 Å². The molecule has 2 aromatic rings. The second kappa shape index (κ2) is 5.54. The Morgan fingerprint density at radius 2 is 1.95 bits per heavy atom. The van der Waals surface area contributed by atoms with Gasteiger partial charge in [0.25, 0.3) is 0 Å². The second-order valence-corrected chi connectivity index (χ2v) is 5.09. The van der Waals surface area contributed by atoms with E-state index in [0.29, 0.717) is 13.1 Å². The minimum Gasteiger partial charge on any atom is -0.356 e. The molecule has 4 nitrogen and oxygen atoms in total. The average Bonchev–Trinajstić information content (AvgIpc) is 2.46. The lowest BCUT2D eigenvalue weighted by atomic mass is 10.1. The smallest absolute Gasteiger partial charge is 0.243 e. The third-order valence-electron chi connectivity index (χ3n) is 3.48. The Balaban J connectivity index is 1.91. The van der Waals surface area contributed by atoms with Crippen molar-refractivity contribution in [1.82, 2.24) is 0 Å². The minimum absolute atomic E-state index is 0.0656. The third kappa shape index (κ3) is 2.87. The van der Waals surface area contributed by atoms with Crippen LogP contribution in [0.1, 0.15) is 11.1 Å². The zero-order valence-electron chi connectivity index (χ0n) is 11.5. The molecule has 108 valence electrons. The largest absolute Gasteiger partial charge is 0.356 e. The number of benzene rings is 2. The summed E-state index contributed by atoms with van der Waals surface area (Å²) in [6.07, 6.45) is 0. The summed E-state index contributed by atoms with van der Waals surface area (Å²) in [7, 11) is 0. The number of carbonyl (C=O) groups is 1. The van der Waals surface area contributed by atoms with Crippen molar-refractivity contribution in [3.05, 3.63) is 59.4 Å². The first-order valence-electron chi connectivity index (χ1n) is 6.78. The van der Waals surface area contributed by atoms with E-state index in [0.717, 1.165) is 22.5 Å². The Bertz CT molecular complexity index is 687. The lowest BCUT2D eigenvalue weighted by molar-refractivity contribution is -0.115. The maximum atomic E-state index is 13.6. The molecule has 0 atom stereocenters. The molecule has 0 unspecified atom stereocenters. The fourth-order valence-corrected chi connectivity index (χ4v) is 2.59. The van der Waals surface area contributed by atoms with E-state index in [9.17, 15) is 9.18 Å². The molecule has 1 heterocycles. The first kappa shape index (κ1) is 13.6. The van der Waals surface area contributed by atoms with Crippen LogP contribution in [0.3, 0.4) is 0 Å². The predicted molar refractivity (Wildman–Crippen MR) is 80.4 cm³/mol. The molecule has 0 aromatic heterocycles. The number of fused-ring (bicyclic) bond motifs is 1. The van der Waals surface area contributed by atoms with E-state index in [2.05, 4.69) is 5.32 Å². The van der Waals surface area contributed by atoms with Crippen LogP contribution < -0.4 is 16.0 Å². The van der Waals surface area contributed by atoms with Crippen molar-refractivity contribution >= 4 is 17.3 Å². The monoisotopic (exact) mass is 285 g/mol. The fourth-order valence-electron chi connectivity index (χ4n) is 2.59. The summed E-state index contributed by atoms with van der Waals surface area (Å²) in [6.45, 7) is 1.02. The Hall–Kier alpha value is -2.40. The predicted octanol–water partition coefficient (Wildman–Crippen LogP) is 2.24. The lowest BCUT2D eigenvalue weighted by Gasteiger charge is -2.31. The number of nitrogens with two attached hydrogens (primary N) is 1. The first-order valence-corrected chi connectivity index (χ1v) is 6.78. The minimum atomic E-state index is -0.303. The van der Waals surface area contributed by atoms with E-state index in [1.54, 1.807) is 0 Å². The van der Waals surface area contributed by atoms with Gasteiger partial charge < -0.3 is 16.0 Å². The zero-order valence-corrected chi connectivity index (χ0v) is 11.5. The van der Waals surface area contributed by atoms with Gasteiger partial charge in [0.2, 0.25) is 5.91 Å². The molecule has 1 aliphatic heterocycles. The molecule has 5 heteroatoms. The lowest BCUT2D eigenvalue weighted by Crippen LogP contribution is -2.37. The van der Waals surface area contributed by atoms with Crippen LogP contribution in [0.25, 0.3) is 0 Å². The summed E-state index contributed by atoms with van der Waals surface area (Å²) in [5.41, 5.74) is 8.85. The van der Waals surface area contributed by atoms with E-state index >= 15 is 0 Å². The van der Waals surface area contributed by atoms with Gasteiger partial charge in [-0.25, -0.2) is 4.39 Å². The van der Waals surface area contributed by atoms with Crippen molar-refractivity contribution in [2.75, 3.05) is 16.8 Å². The Labute approximate surface area is 122 Å². The normalized spacial score (nSPS) is 13.8. The number of nitrogens with zero attached hydrogens (tertiary/aromatic N) is 1. The topological polar surface area (TPSA) is 58.4 Å². The van der Waals surface area contributed by atoms with Gasteiger partial charge in [0.05, 0.1) is 17.9 Å². The number of anilines is 2. The van der Waals surface area contributed by atoms with Gasteiger partial charge in [0.1, 0.15) is 5.82 Å². The Morgan fingerprint density at radius 3 is 2.76 bits per heavy atom. The number of nitrogens with one attached hydrogen (secondary N) is 1. The summed E-state index contributed by atoms with van der Waals surface area (Å²) < 4.78 is 13.6. The van der Waals surface area contributed by atoms with Gasteiger partial charge in [-0.2, -0.15) is 0 Å². The molecule has 21 heavy (non-hydrogen) atoms. The number of amides is 1. The standard InChI is InChI=1S/C16H16FN3O/c17-13-6-11(8-18)5-12(7-13)9-20-10-16(21)19-14-3-1-2-4-15(14)20/h1-7H,8-10,18H2,(H,19,21). The Kier molecular flexibility index (Phi) is 3.58. The molecule has 1 aliphatic rings. The maximum absolute atomic E-state index is 13.6. The molecular weight excluding hydrogens is 269 g/mol. The van der Waals surface area contributed by atoms with Gasteiger partial charge in [-0.1, -0.05) is 18.2 Å². The molecular formula is C16H16FN3O. The van der Waals surface area contributed by atoms with Crippen molar-refractivity contribution < 1.29 is 9.18 Å². The van der Waals surface area contributed by atoms with Crippen molar-refractivity contribution in [3.63, 3.8) is 0 Å². The SMILES string of the molecule is NCc1cc(F)cc(CN2CC(=O)Nc3ccccc32)c1. The van der Waals surface area contributed by atoms with Gasteiger partial charge in [-0.3, -0.25) is 4.79 Å². The van der Waals surface area contributed by atoms with Crippen LogP contribution in [0, 0.1) is 5.82 Å². The molecule has 3 rings (SSSR count). The molecule has 3 N–H and O–H groups in total. The van der Waals surface area contributed by atoms with Crippen LogP contribution >= 0.6 is 0 Å². The van der Waals surface area contributed by atoms with Gasteiger partial charge in [0.15, 0.2) is 0 Å². The van der Waals surface area contributed by atoms with E-state index in [1.165, 1.54) is 12.1 Å². The van der Waals surface area contributed by atoms with Crippen molar-refractivity contribution in [2.45, 2.75) is 13.1 Å². The Morgan fingerprint density at radius 1 is 1.19 bits per heavy atom. The highest BCUT2D eigenvalue weighted by molar-refractivity contribution is 6.01. The first-order chi connectivity index (χ1) is 10.2. The number of rotatable bonds is 3. The van der Waals surface area contributed by atoms with Gasteiger partial charge in [0, 0.05) is 13.1 Å². The summed E-state index contributed by atoms with van der Waals surface area (Å²) in [6, 6.07) is 12.4. The highest BCUT2D eigenvalue weighted by Crippen LogP contribution is 2.30. The van der Waals surface area contributed by atoms with Crippen molar-refractivity contribution in [2.24, 2.45) is 5.73 Å². The third-order valence-corrected chi connectivity index (χ3v) is 3.48. The van der Waals surface area contributed by atoms with Gasteiger partial charge >= 0.3 is 0 Å². The number of carbonyl (C=O) groups excluding carboxylic acids is 1. The second-order valence-electron chi connectivity index (χ2n) is 5.09. The number of halogens is 1. The van der Waals surface area contributed by atoms with Crippen LogP contribution in [0.5, 0.6) is 0 Å².